The summed E-state index contributed by atoms with van der Waals surface area (Å²) in [4.78, 5) is 11.8. The van der Waals surface area contributed by atoms with Gasteiger partial charge in [-0.15, -0.1) is 5.10 Å². The average Bonchev–Trinajstić information content (AvgIpc) is 2.90. The number of anilines is 2. The van der Waals surface area contributed by atoms with E-state index in [0.717, 1.165) is 30.1 Å². The minimum Gasteiger partial charge on any atom is -0.380 e. The van der Waals surface area contributed by atoms with E-state index >= 15 is 0 Å². The molecule has 2 aromatic rings. The quantitative estimate of drug-likeness (QED) is 0.890. The zero-order valence-electron chi connectivity index (χ0n) is 10.6. The molecule has 1 aromatic carbocycles. The van der Waals surface area contributed by atoms with Crippen LogP contribution >= 0.6 is 11.5 Å². The van der Waals surface area contributed by atoms with Crippen molar-refractivity contribution in [3.05, 3.63) is 35.5 Å². The van der Waals surface area contributed by atoms with Gasteiger partial charge in [0.05, 0.1) is 6.20 Å². The molecule has 1 heterocycles. The van der Waals surface area contributed by atoms with Gasteiger partial charge in [-0.25, -0.2) is 8.78 Å². The van der Waals surface area contributed by atoms with E-state index in [1.807, 2.05) is 6.92 Å². The van der Waals surface area contributed by atoms with Crippen molar-refractivity contribution in [2.45, 2.75) is 13.3 Å². The zero-order chi connectivity index (χ0) is 14.5. The summed E-state index contributed by atoms with van der Waals surface area (Å²) < 4.78 is 31.1. The van der Waals surface area contributed by atoms with Crippen LogP contribution in [0.5, 0.6) is 0 Å². The summed E-state index contributed by atoms with van der Waals surface area (Å²) in [6.07, 6.45) is 2.09. The van der Waals surface area contributed by atoms with Crippen LogP contribution in [0.1, 0.15) is 23.7 Å². The summed E-state index contributed by atoms with van der Waals surface area (Å²) in [5, 5.41) is 9.05. The first-order chi connectivity index (χ1) is 9.61. The molecule has 0 radical (unpaired) electrons. The van der Waals surface area contributed by atoms with Crippen molar-refractivity contribution in [3.8, 4) is 0 Å². The van der Waals surface area contributed by atoms with Crippen molar-refractivity contribution in [3.63, 3.8) is 0 Å². The van der Waals surface area contributed by atoms with E-state index < -0.39 is 17.5 Å². The van der Waals surface area contributed by atoms with Crippen LogP contribution in [-0.4, -0.2) is 22.0 Å². The van der Waals surface area contributed by atoms with Gasteiger partial charge in [0.2, 0.25) is 0 Å². The number of rotatable bonds is 5. The minimum atomic E-state index is -0.800. The van der Waals surface area contributed by atoms with Crippen molar-refractivity contribution >= 4 is 28.1 Å². The molecule has 0 saturated heterocycles. The van der Waals surface area contributed by atoms with E-state index in [4.69, 9.17) is 0 Å². The molecule has 0 unspecified atom stereocenters. The fourth-order valence-electron chi connectivity index (χ4n) is 1.53. The van der Waals surface area contributed by atoms with Gasteiger partial charge in [-0.3, -0.25) is 4.79 Å². The summed E-state index contributed by atoms with van der Waals surface area (Å²) in [6.45, 7) is 2.33. The van der Waals surface area contributed by atoms with Crippen molar-refractivity contribution in [2.75, 3.05) is 17.2 Å². The van der Waals surface area contributed by atoms with Crippen LogP contribution in [0.25, 0.3) is 0 Å². The Morgan fingerprint density at radius 2 is 2.05 bits per heavy atom. The van der Waals surface area contributed by atoms with Gasteiger partial charge in [0.15, 0.2) is 0 Å². The molecule has 0 aliphatic carbocycles. The molecular formula is C12H12F2N4OS. The lowest BCUT2D eigenvalue weighted by atomic mass is 10.1. The molecule has 0 saturated carbocycles. The molecule has 1 amide bonds. The van der Waals surface area contributed by atoms with Crippen LogP contribution in [0.15, 0.2) is 18.3 Å². The lowest BCUT2D eigenvalue weighted by Crippen LogP contribution is -2.13. The second kappa shape index (κ2) is 6.38. The molecule has 20 heavy (non-hydrogen) atoms. The van der Waals surface area contributed by atoms with Crippen molar-refractivity contribution in [1.82, 2.24) is 9.59 Å². The third-order valence-electron chi connectivity index (χ3n) is 2.45. The lowest BCUT2D eigenvalue weighted by molar-refractivity contribution is 0.102. The molecule has 1 aromatic heterocycles. The van der Waals surface area contributed by atoms with Crippen LogP contribution in [0.2, 0.25) is 0 Å². The van der Waals surface area contributed by atoms with E-state index in [2.05, 4.69) is 20.2 Å². The third kappa shape index (κ3) is 3.27. The number of amides is 1. The van der Waals surface area contributed by atoms with Gasteiger partial charge in [0.25, 0.3) is 5.91 Å². The Labute approximate surface area is 118 Å². The summed E-state index contributed by atoms with van der Waals surface area (Å²) >= 11 is 0.976. The zero-order valence-corrected chi connectivity index (χ0v) is 11.4. The number of nitrogens with zero attached hydrogens (tertiary/aromatic N) is 2. The van der Waals surface area contributed by atoms with Crippen molar-refractivity contribution in [2.24, 2.45) is 0 Å². The number of carbonyl (C=O) groups excluding carboxylic acids is 1. The fourth-order valence-corrected chi connectivity index (χ4v) is 1.94. The highest BCUT2D eigenvalue weighted by atomic mass is 32.1. The number of hydrogen-bond acceptors (Lipinski definition) is 5. The molecule has 0 spiro atoms. The van der Waals surface area contributed by atoms with Gasteiger partial charge < -0.3 is 10.6 Å². The lowest BCUT2D eigenvalue weighted by Gasteiger charge is -2.09. The van der Waals surface area contributed by atoms with E-state index in [1.165, 1.54) is 6.20 Å². The predicted molar refractivity (Wildman–Crippen MR) is 73.0 cm³/mol. The summed E-state index contributed by atoms with van der Waals surface area (Å²) in [7, 11) is 0. The third-order valence-corrected chi connectivity index (χ3v) is 3.03. The second-order valence-electron chi connectivity index (χ2n) is 3.98. The topological polar surface area (TPSA) is 66.9 Å². The van der Waals surface area contributed by atoms with E-state index in [0.29, 0.717) is 11.5 Å². The molecule has 0 aliphatic heterocycles. The average molecular weight is 298 g/mol. The summed E-state index contributed by atoms with van der Waals surface area (Å²) in [5.74, 6) is -2.21. The van der Waals surface area contributed by atoms with Crippen molar-refractivity contribution < 1.29 is 13.6 Å². The smallest absolute Gasteiger partial charge is 0.256 e. The number of aromatic nitrogens is 2. The summed E-state index contributed by atoms with van der Waals surface area (Å²) in [5.41, 5.74) is -0.321. The maximum Gasteiger partial charge on any atom is 0.256 e. The van der Waals surface area contributed by atoms with E-state index in [1.54, 1.807) is 0 Å². The maximum absolute atomic E-state index is 13.8. The van der Waals surface area contributed by atoms with Gasteiger partial charge in [0, 0.05) is 23.6 Å². The van der Waals surface area contributed by atoms with E-state index in [-0.39, 0.29) is 11.3 Å². The van der Waals surface area contributed by atoms with Gasteiger partial charge in [-0.2, -0.15) is 0 Å². The molecule has 0 fully saturated rings. The highest BCUT2D eigenvalue weighted by Gasteiger charge is 2.15. The fraction of sp³-hybridized carbons (Fsp3) is 0.250. The number of nitrogens with one attached hydrogen (secondary N) is 2. The highest BCUT2D eigenvalue weighted by Crippen LogP contribution is 2.22. The Balaban J connectivity index is 2.18. The number of benzene rings is 1. The monoisotopic (exact) mass is 298 g/mol. The minimum absolute atomic E-state index is 0.101. The van der Waals surface area contributed by atoms with Crippen LogP contribution in [0.4, 0.5) is 19.5 Å². The van der Waals surface area contributed by atoms with Gasteiger partial charge in [-0.1, -0.05) is 11.4 Å². The number of halogens is 2. The van der Waals surface area contributed by atoms with Gasteiger partial charge >= 0.3 is 0 Å². The molecular weight excluding hydrogens is 286 g/mol. The molecule has 5 nitrogen and oxygen atoms in total. The van der Waals surface area contributed by atoms with Crippen LogP contribution in [0.3, 0.4) is 0 Å². The van der Waals surface area contributed by atoms with Crippen molar-refractivity contribution in [1.29, 1.82) is 0 Å². The molecule has 106 valence electrons. The van der Waals surface area contributed by atoms with Crippen LogP contribution < -0.4 is 10.6 Å². The predicted octanol–water partition coefficient (Wildman–Crippen LogP) is 2.89. The first-order valence-corrected chi connectivity index (χ1v) is 6.70. The normalized spacial score (nSPS) is 10.3. The van der Waals surface area contributed by atoms with Crippen LogP contribution in [0, 0.1) is 11.6 Å². The largest absolute Gasteiger partial charge is 0.380 e. The first-order valence-electron chi connectivity index (χ1n) is 5.93. The summed E-state index contributed by atoms with van der Waals surface area (Å²) in [6, 6.07) is 1.98. The Bertz CT molecular complexity index is 581. The maximum atomic E-state index is 13.8. The first kappa shape index (κ1) is 14.3. The Morgan fingerprint density at radius 1 is 1.35 bits per heavy atom. The van der Waals surface area contributed by atoms with Crippen LogP contribution in [-0.2, 0) is 0 Å². The Morgan fingerprint density at radius 3 is 2.60 bits per heavy atom. The molecule has 2 N–H and O–H groups in total. The highest BCUT2D eigenvalue weighted by molar-refractivity contribution is 7.10. The standard InChI is InChI=1S/C12H12F2N4OS/c1-2-3-15-11-8(13)4-7(5-9(11)14)12(19)17-10-6-16-18-20-10/h4-6,15H,2-3H2,1H3,(H,17,19). The van der Waals surface area contributed by atoms with Gasteiger partial charge in [-0.05, 0) is 18.6 Å². The second-order valence-corrected chi connectivity index (χ2v) is 4.76. The Hall–Kier alpha value is -2.09. The number of hydrogen-bond donors (Lipinski definition) is 2. The van der Waals surface area contributed by atoms with Gasteiger partial charge in [0.1, 0.15) is 22.3 Å². The SMILES string of the molecule is CCCNc1c(F)cc(C(=O)Nc2cnns2)cc1F. The molecule has 0 bridgehead atoms. The Kier molecular flexibility index (Phi) is 4.57. The molecule has 0 aliphatic rings. The molecule has 0 atom stereocenters. The molecule has 8 heteroatoms. The van der Waals surface area contributed by atoms with E-state index in [9.17, 15) is 13.6 Å². The molecule has 2 rings (SSSR count). The number of carbonyl (C=O) groups is 1.